The summed E-state index contributed by atoms with van der Waals surface area (Å²) in [4.78, 5) is 26.4. The van der Waals surface area contributed by atoms with Gasteiger partial charge in [-0.25, -0.2) is 4.79 Å². The van der Waals surface area contributed by atoms with Crippen LogP contribution in [0.15, 0.2) is 71.5 Å². The van der Waals surface area contributed by atoms with E-state index in [1.54, 1.807) is 4.57 Å². The van der Waals surface area contributed by atoms with Crippen LogP contribution in [0.1, 0.15) is 48.6 Å². The maximum absolute atomic E-state index is 13.9. The Morgan fingerprint density at radius 3 is 2.27 bits per heavy atom. The number of ether oxygens (including phenoxy) is 2. The number of pyridine rings is 1. The van der Waals surface area contributed by atoms with Crippen LogP contribution in [0.4, 0.5) is 0 Å². The van der Waals surface area contributed by atoms with Crippen molar-refractivity contribution in [3.63, 3.8) is 0 Å². The highest BCUT2D eigenvalue weighted by atomic mass is 35.5. The summed E-state index contributed by atoms with van der Waals surface area (Å²) in [6.07, 6.45) is 0.450. The Hall–Kier alpha value is -3.57. The molecule has 0 saturated heterocycles. The predicted molar refractivity (Wildman–Crippen MR) is 149 cm³/mol. The molecule has 192 valence electrons. The highest BCUT2D eigenvalue weighted by Gasteiger charge is 2.21. The Bertz CT molecular complexity index is 1480. The van der Waals surface area contributed by atoms with Crippen molar-refractivity contribution in [1.82, 2.24) is 4.57 Å². The highest BCUT2D eigenvalue weighted by molar-refractivity contribution is 6.30. The van der Waals surface area contributed by atoms with Crippen molar-refractivity contribution in [2.75, 3.05) is 6.61 Å². The molecular formula is C31H32ClNO4. The minimum atomic E-state index is -0.604. The van der Waals surface area contributed by atoms with Crippen LogP contribution in [-0.4, -0.2) is 22.7 Å². The van der Waals surface area contributed by atoms with E-state index < -0.39 is 11.6 Å². The molecule has 1 heterocycles. The molecule has 0 radical (unpaired) electrons. The third kappa shape index (κ3) is 6.41. The van der Waals surface area contributed by atoms with Crippen molar-refractivity contribution in [1.29, 1.82) is 0 Å². The smallest absolute Gasteiger partial charge is 0.344 e. The van der Waals surface area contributed by atoms with Crippen LogP contribution in [0.2, 0.25) is 5.02 Å². The molecule has 0 unspecified atom stereocenters. The summed E-state index contributed by atoms with van der Waals surface area (Å²) in [5, 5.41) is 1.46. The van der Waals surface area contributed by atoms with E-state index in [1.807, 2.05) is 101 Å². The highest BCUT2D eigenvalue weighted by Crippen LogP contribution is 2.32. The first-order chi connectivity index (χ1) is 17.5. The summed E-state index contributed by atoms with van der Waals surface area (Å²) in [6, 6.07) is 21.3. The maximum Gasteiger partial charge on any atom is 0.344 e. The van der Waals surface area contributed by atoms with Crippen LogP contribution < -0.4 is 10.3 Å². The van der Waals surface area contributed by atoms with Crippen molar-refractivity contribution in [3.05, 3.63) is 110 Å². The average Bonchev–Trinajstić information content (AvgIpc) is 2.83. The molecule has 37 heavy (non-hydrogen) atoms. The van der Waals surface area contributed by atoms with Crippen LogP contribution in [0, 0.1) is 13.8 Å². The van der Waals surface area contributed by atoms with Gasteiger partial charge in [-0.3, -0.25) is 4.79 Å². The molecule has 0 amide bonds. The average molecular weight is 518 g/mol. The fourth-order valence-electron chi connectivity index (χ4n) is 4.47. The molecule has 0 aliphatic rings. The van der Waals surface area contributed by atoms with Crippen molar-refractivity contribution in [3.8, 4) is 5.75 Å². The van der Waals surface area contributed by atoms with Gasteiger partial charge in [0.2, 0.25) is 0 Å². The summed E-state index contributed by atoms with van der Waals surface area (Å²) in [5.74, 6) is 0.108. The second kappa shape index (κ2) is 10.8. The number of nitrogens with zero attached hydrogens (tertiary/aromatic N) is 1. The molecule has 5 nitrogen and oxygen atoms in total. The third-order valence-corrected chi connectivity index (χ3v) is 6.34. The summed E-state index contributed by atoms with van der Waals surface area (Å²) < 4.78 is 13.3. The Morgan fingerprint density at radius 1 is 0.946 bits per heavy atom. The van der Waals surface area contributed by atoms with E-state index in [1.165, 1.54) is 0 Å². The van der Waals surface area contributed by atoms with Crippen LogP contribution in [0.25, 0.3) is 10.9 Å². The molecule has 0 atom stereocenters. The van der Waals surface area contributed by atoms with Gasteiger partial charge < -0.3 is 14.0 Å². The molecule has 0 N–H and O–H groups in total. The van der Waals surface area contributed by atoms with Crippen molar-refractivity contribution in [2.45, 2.75) is 53.2 Å². The molecule has 1 aromatic heterocycles. The van der Waals surface area contributed by atoms with Gasteiger partial charge in [-0.2, -0.15) is 0 Å². The van der Waals surface area contributed by atoms with Gasteiger partial charge in [0.1, 0.15) is 11.4 Å². The van der Waals surface area contributed by atoms with E-state index in [9.17, 15) is 9.59 Å². The number of benzene rings is 3. The zero-order valence-electron chi connectivity index (χ0n) is 21.9. The second-order valence-corrected chi connectivity index (χ2v) is 10.8. The third-order valence-electron chi connectivity index (χ3n) is 6.09. The van der Waals surface area contributed by atoms with E-state index in [2.05, 4.69) is 0 Å². The number of rotatable bonds is 7. The van der Waals surface area contributed by atoms with Gasteiger partial charge in [-0.05, 0) is 81.1 Å². The van der Waals surface area contributed by atoms with Crippen molar-refractivity contribution in [2.24, 2.45) is 0 Å². The molecule has 4 aromatic rings. The van der Waals surface area contributed by atoms with E-state index >= 15 is 0 Å². The lowest BCUT2D eigenvalue weighted by atomic mass is 9.96. The minimum Gasteiger partial charge on any atom is -0.481 e. The van der Waals surface area contributed by atoms with Crippen molar-refractivity contribution >= 4 is 28.5 Å². The summed E-state index contributed by atoms with van der Waals surface area (Å²) in [7, 11) is 0. The molecule has 0 aliphatic heterocycles. The SMILES string of the molecule is Cc1cc(OCC(=O)OC(C)(C)C)c2c(C)c(Cc3ccc(Cl)cc3)c(=O)n(Cc3ccccc3)c2c1. The minimum absolute atomic E-state index is 0.0486. The molecule has 4 rings (SSSR count). The first kappa shape index (κ1) is 26.5. The molecule has 0 saturated carbocycles. The number of aromatic nitrogens is 1. The van der Waals surface area contributed by atoms with Gasteiger partial charge >= 0.3 is 5.97 Å². The first-order valence-corrected chi connectivity index (χ1v) is 12.7. The standard InChI is InChI=1S/C31H32ClNO4/c1-20-15-26-29(27(16-20)36-19-28(34)37-31(3,4)5)21(2)25(17-22-11-13-24(32)14-12-22)30(35)33(26)18-23-9-7-6-8-10-23/h6-16H,17-19H2,1-5H3. The van der Waals surface area contributed by atoms with Crippen molar-refractivity contribution < 1.29 is 14.3 Å². The molecule has 6 heteroatoms. The lowest BCUT2D eigenvalue weighted by Crippen LogP contribution is -2.28. The van der Waals surface area contributed by atoms with E-state index in [0.717, 1.165) is 33.2 Å². The molecule has 3 aromatic carbocycles. The van der Waals surface area contributed by atoms with Crippen LogP contribution in [0.3, 0.4) is 0 Å². The number of hydrogen-bond acceptors (Lipinski definition) is 4. The molecule has 0 spiro atoms. The Morgan fingerprint density at radius 2 is 1.62 bits per heavy atom. The normalized spacial score (nSPS) is 11.5. The van der Waals surface area contributed by atoms with E-state index in [4.69, 9.17) is 21.1 Å². The van der Waals surface area contributed by atoms with E-state index in [-0.39, 0.29) is 12.2 Å². The quantitative estimate of drug-likeness (QED) is 0.258. The van der Waals surface area contributed by atoms with Crippen LogP contribution >= 0.6 is 11.6 Å². The largest absolute Gasteiger partial charge is 0.481 e. The van der Waals surface area contributed by atoms with Crippen LogP contribution in [0.5, 0.6) is 5.75 Å². The first-order valence-electron chi connectivity index (χ1n) is 12.3. The summed E-state index contributed by atoms with van der Waals surface area (Å²) in [5.41, 5.74) is 4.56. The van der Waals surface area contributed by atoms with Gasteiger partial charge in [0.25, 0.3) is 5.56 Å². The zero-order valence-corrected chi connectivity index (χ0v) is 22.7. The second-order valence-electron chi connectivity index (χ2n) is 10.3. The van der Waals surface area contributed by atoms with Gasteiger partial charge in [0.15, 0.2) is 6.61 Å². The Balaban J connectivity index is 1.87. The van der Waals surface area contributed by atoms with Gasteiger partial charge in [0.05, 0.1) is 12.1 Å². The fraction of sp³-hybridized carbons (Fsp3) is 0.290. The Labute approximate surface area is 222 Å². The molecule has 0 fully saturated rings. The van der Waals surface area contributed by atoms with E-state index in [0.29, 0.717) is 29.3 Å². The molecule has 0 bridgehead atoms. The number of carbonyl (C=O) groups excluding carboxylic acids is 1. The van der Waals surface area contributed by atoms with Gasteiger partial charge in [0, 0.05) is 22.4 Å². The molecule has 0 aliphatic carbocycles. The number of fused-ring (bicyclic) bond motifs is 1. The number of hydrogen-bond donors (Lipinski definition) is 0. The number of carbonyl (C=O) groups is 1. The monoisotopic (exact) mass is 517 g/mol. The lowest BCUT2D eigenvalue weighted by Gasteiger charge is -2.21. The zero-order chi connectivity index (χ0) is 26.7. The Kier molecular flexibility index (Phi) is 7.74. The van der Waals surface area contributed by atoms with Gasteiger partial charge in [-0.15, -0.1) is 0 Å². The fourth-order valence-corrected chi connectivity index (χ4v) is 4.59. The topological polar surface area (TPSA) is 57.5 Å². The lowest BCUT2D eigenvalue weighted by molar-refractivity contribution is -0.157. The molecular weight excluding hydrogens is 486 g/mol. The summed E-state index contributed by atoms with van der Waals surface area (Å²) >= 11 is 6.09. The number of aryl methyl sites for hydroxylation is 2. The number of esters is 1. The van der Waals surface area contributed by atoms with Crippen LogP contribution in [-0.2, 0) is 22.5 Å². The predicted octanol–water partition coefficient (Wildman–Crippen LogP) is 6.63. The number of halogens is 1. The van der Waals surface area contributed by atoms with Gasteiger partial charge in [-0.1, -0.05) is 54.1 Å². The maximum atomic E-state index is 13.9. The summed E-state index contributed by atoms with van der Waals surface area (Å²) in [6.45, 7) is 9.55.